The smallest absolute Gasteiger partial charge is 0.135 e. The van der Waals surface area contributed by atoms with Gasteiger partial charge in [-0.25, -0.2) is 0 Å². The van der Waals surface area contributed by atoms with Gasteiger partial charge in [-0.2, -0.15) is 0 Å². The highest BCUT2D eigenvalue weighted by molar-refractivity contribution is 5.91. The second-order valence-corrected chi connectivity index (χ2v) is 5.99. The fraction of sp³-hybridized carbons (Fsp3) is 0.273. The van der Waals surface area contributed by atoms with E-state index in [0.29, 0.717) is 0 Å². The molecule has 0 aliphatic heterocycles. The van der Waals surface area contributed by atoms with Crippen molar-refractivity contribution in [2.75, 3.05) is 29.9 Å². The Morgan fingerprint density at radius 2 is 1.68 bits per heavy atom. The molecule has 0 bridgehead atoms. The van der Waals surface area contributed by atoms with Crippen LogP contribution in [0.1, 0.15) is 20.8 Å². The minimum atomic E-state index is 0.846. The molecule has 130 valence electrons. The lowest BCUT2D eigenvalue weighted by Gasteiger charge is -2.21. The molecule has 0 saturated carbocycles. The molecule has 0 radical (unpaired) electrons. The van der Waals surface area contributed by atoms with Crippen molar-refractivity contribution in [1.82, 2.24) is 0 Å². The van der Waals surface area contributed by atoms with Crippen LogP contribution in [0.15, 0.2) is 60.7 Å². The van der Waals surface area contributed by atoms with Crippen LogP contribution in [-0.2, 0) is 0 Å². The van der Waals surface area contributed by atoms with Gasteiger partial charge in [0.05, 0.1) is 0 Å². The van der Waals surface area contributed by atoms with Gasteiger partial charge in [0.2, 0.25) is 0 Å². The molecule has 0 saturated heterocycles. The maximum absolute atomic E-state index is 6.18. The quantitative estimate of drug-likeness (QED) is 0.581. The van der Waals surface area contributed by atoms with E-state index in [1.54, 1.807) is 0 Å². The highest BCUT2D eigenvalue weighted by Crippen LogP contribution is 2.33. The van der Waals surface area contributed by atoms with Gasteiger partial charge in [0.25, 0.3) is 0 Å². The van der Waals surface area contributed by atoms with Crippen LogP contribution in [-0.4, -0.2) is 19.6 Å². The molecule has 0 aliphatic carbocycles. The first-order valence-corrected chi connectivity index (χ1v) is 9.04. The van der Waals surface area contributed by atoms with Gasteiger partial charge in [-0.15, -0.1) is 0 Å². The Morgan fingerprint density at radius 3 is 2.44 bits per heavy atom. The standard InChI is InChI=1S/C22H26N2O/c1-4-23-18-10-8-11-20(16-18)25-22-12-7-9-17-15-19(13-14-21(17)22)24(5-2)6-3/h7-16,23H,4-6H2,1-3H3. The normalized spacial score (nSPS) is 10.7. The zero-order chi connectivity index (χ0) is 17.6. The summed E-state index contributed by atoms with van der Waals surface area (Å²) in [5.74, 6) is 1.73. The number of hydrogen-bond acceptors (Lipinski definition) is 3. The van der Waals surface area contributed by atoms with E-state index in [1.165, 1.54) is 11.1 Å². The zero-order valence-electron chi connectivity index (χ0n) is 15.3. The van der Waals surface area contributed by atoms with Crippen molar-refractivity contribution in [3.05, 3.63) is 60.7 Å². The Hall–Kier alpha value is -2.68. The predicted molar refractivity (Wildman–Crippen MR) is 108 cm³/mol. The molecular weight excluding hydrogens is 308 g/mol. The van der Waals surface area contributed by atoms with Crippen LogP contribution < -0.4 is 15.0 Å². The molecule has 0 aliphatic rings. The summed E-state index contributed by atoms with van der Waals surface area (Å²) in [5, 5.41) is 5.65. The molecule has 3 rings (SSSR count). The fourth-order valence-corrected chi connectivity index (χ4v) is 3.12. The number of benzene rings is 3. The van der Waals surface area contributed by atoms with E-state index in [4.69, 9.17) is 4.74 Å². The Morgan fingerprint density at radius 1 is 0.880 bits per heavy atom. The topological polar surface area (TPSA) is 24.5 Å². The SMILES string of the molecule is CCNc1cccc(Oc2cccc3cc(N(CC)CC)ccc23)c1. The summed E-state index contributed by atoms with van der Waals surface area (Å²) in [7, 11) is 0. The van der Waals surface area contributed by atoms with E-state index in [1.807, 2.05) is 24.3 Å². The summed E-state index contributed by atoms with van der Waals surface area (Å²) in [4.78, 5) is 2.35. The predicted octanol–water partition coefficient (Wildman–Crippen LogP) is 5.91. The number of anilines is 2. The van der Waals surface area contributed by atoms with Crippen LogP contribution in [0.25, 0.3) is 10.8 Å². The molecule has 3 aromatic carbocycles. The highest BCUT2D eigenvalue weighted by Gasteiger charge is 2.07. The van der Waals surface area contributed by atoms with Gasteiger partial charge < -0.3 is 15.0 Å². The van der Waals surface area contributed by atoms with Crippen LogP contribution in [0, 0.1) is 0 Å². The van der Waals surface area contributed by atoms with Gasteiger partial charge in [0, 0.05) is 42.5 Å². The summed E-state index contributed by atoms with van der Waals surface area (Å²) >= 11 is 0. The molecule has 3 nitrogen and oxygen atoms in total. The number of nitrogens with zero attached hydrogens (tertiary/aromatic N) is 1. The van der Waals surface area contributed by atoms with Crippen molar-refractivity contribution < 1.29 is 4.74 Å². The third-order valence-electron chi connectivity index (χ3n) is 4.40. The van der Waals surface area contributed by atoms with E-state index in [-0.39, 0.29) is 0 Å². The molecule has 0 aromatic heterocycles. The summed E-state index contributed by atoms with van der Waals surface area (Å²) < 4.78 is 6.18. The fourth-order valence-electron chi connectivity index (χ4n) is 3.12. The lowest BCUT2D eigenvalue weighted by Crippen LogP contribution is -2.21. The number of rotatable bonds is 7. The molecular formula is C22H26N2O. The van der Waals surface area contributed by atoms with Crippen molar-refractivity contribution in [2.45, 2.75) is 20.8 Å². The Bertz CT molecular complexity index is 840. The van der Waals surface area contributed by atoms with Crippen LogP contribution in [0.3, 0.4) is 0 Å². The van der Waals surface area contributed by atoms with E-state index in [2.05, 4.69) is 67.4 Å². The van der Waals surface area contributed by atoms with Crippen LogP contribution in [0.2, 0.25) is 0 Å². The maximum atomic E-state index is 6.18. The van der Waals surface area contributed by atoms with Gasteiger partial charge in [-0.3, -0.25) is 0 Å². The molecule has 0 atom stereocenters. The maximum Gasteiger partial charge on any atom is 0.135 e. The molecule has 0 unspecified atom stereocenters. The Balaban J connectivity index is 1.93. The van der Waals surface area contributed by atoms with Crippen LogP contribution >= 0.6 is 0 Å². The van der Waals surface area contributed by atoms with E-state index >= 15 is 0 Å². The summed E-state index contributed by atoms with van der Waals surface area (Å²) in [6, 6.07) is 20.9. The second-order valence-electron chi connectivity index (χ2n) is 5.99. The van der Waals surface area contributed by atoms with Gasteiger partial charge in [-0.1, -0.05) is 18.2 Å². The van der Waals surface area contributed by atoms with E-state index in [0.717, 1.165) is 42.2 Å². The minimum Gasteiger partial charge on any atom is -0.457 e. The summed E-state index contributed by atoms with van der Waals surface area (Å²) in [6.07, 6.45) is 0. The molecule has 25 heavy (non-hydrogen) atoms. The van der Waals surface area contributed by atoms with Crippen molar-refractivity contribution >= 4 is 22.1 Å². The molecule has 0 amide bonds. The number of ether oxygens (including phenoxy) is 1. The zero-order valence-corrected chi connectivity index (χ0v) is 15.3. The monoisotopic (exact) mass is 334 g/mol. The summed E-state index contributed by atoms with van der Waals surface area (Å²) in [5.41, 5.74) is 2.33. The number of hydrogen-bond donors (Lipinski definition) is 1. The van der Waals surface area contributed by atoms with Gasteiger partial charge in [0.15, 0.2) is 0 Å². The van der Waals surface area contributed by atoms with Gasteiger partial charge in [-0.05, 0) is 62.6 Å². The largest absolute Gasteiger partial charge is 0.457 e. The first kappa shape index (κ1) is 17.2. The summed E-state index contributed by atoms with van der Waals surface area (Å²) in [6.45, 7) is 9.37. The van der Waals surface area contributed by atoms with Crippen molar-refractivity contribution in [3.8, 4) is 11.5 Å². The Labute approximate surface area is 150 Å². The second kappa shape index (κ2) is 7.93. The van der Waals surface area contributed by atoms with E-state index < -0.39 is 0 Å². The Kier molecular flexibility index (Phi) is 5.44. The van der Waals surface area contributed by atoms with Crippen LogP contribution in [0.5, 0.6) is 11.5 Å². The van der Waals surface area contributed by atoms with Crippen LogP contribution in [0.4, 0.5) is 11.4 Å². The van der Waals surface area contributed by atoms with Crippen molar-refractivity contribution in [1.29, 1.82) is 0 Å². The molecule has 0 fully saturated rings. The molecule has 0 heterocycles. The van der Waals surface area contributed by atoms with Crippen molar-refractivity contribution in [2.24, 2.45) is 0 Å². The molecule has 3 aromatic rings. The third-order valence-corrected chi connectivity index (χ3v) is 4.40. The number of fused-ring (bicyclic) bond motifs is 1. The van der Waals surface area contributed by atoms with Gasteiger partial charge in [0.1, 0.15) is 11.5 Å². The highest BCUT2D eigenvalue weighted by atomic mass is 16.5. The average Bonchev–Trinajstić information content (AvgIpc) is 2.63. The third kappa shape index (κ3) is 3.87. The first-order valence-electron chi connectivity index (χ1n) is 9.04. The minimum absolute atomic E-state index is 0.846. The lowest BCUT2D eigenvalue weighted by molar-refractivity contribution is 0.488. The average molecular weight is 334 g/mol. The van der Waals surface area contributed by atoms with E-state index in [9.17, 15) is 0 Å². The van der Waals surface area contributed by atoms with Crippen molar-refractivity contribution in [3.63, 3.8) is 0 Å². The van der Waals surface area contributed by atoms with Gasteiger partial charge >= 0.3 is 0 Å². The molecule has 1 N–H and O–H groups in total. The lowest BCUT2D eigenvalue weighted by atomic mass is 10.1. The number of nitrogens with one attached hydrogen (secondary N) is 1. The molecule has 0 spiro atoms. The first-order chi connectivity index (χ1) is 12.2. The molecule has 3 heteroatoms.